The van der Waals surface area contributed by atoms with E-state index in [-0.39, 0.29) is 23.3 Å². The highest BCUT2D eigenvalue weighted by Crippen LogP contribution is 2.53. The van der Waals surface area contributed by atoms with Gasteiger partial charge in [0.15, 0.2) is 11.5 Å². The zero-order chi connectivity index (χ0) is 17.6. The van der Waals surface area contributed by atoms with Crippen LogP contribution in [0.15, 0.2) is 24.3 Å². The van der Waals surface area contributed by atoms with Crippen molar-refractivity contribution >= 4 is 5.97 Å². The minimum atomic E-state index is -4.83. The summed E-state index contributed by atoms with van der Waals surface area (Å²) in [7, 11) is 2.18. The molecule has 3 rings (SSSR count). The van der Waals surface area contributed by atoms with Gasteiger partial charge in [-0.3, -0.25) is 0 Å². The van der Waals surface area contributed by atoms with Crippen LogP contribution in [0, 0.1) is 0 Å². The van der Waals surface area contributed by atoms with Gasteiger partial charge in [-0.1, -0.05) is 24.3 Å². The van der Waals surface area contributed by atoms with Crippen molar-refractivity contribution in [3.05, 3.63) is 46.5 Å². The largest absolute Gasteiger partial charge is 0.504 e. The molecule has 0 heterocycles. The highest BCUT2D eigenvalue weighted by Gasteiger charge is 2.44. The van der Waals surface area contributed by atoms with Gasteiger partial charge in [-0.05, 0) is 23.1 Å². The third-order valence-corrected chi connectivity index (χ3v) is 4.06. The molecule has 1 aliphatic carbocycles. The molecule has 2 aromatic rings. The number of aromatic hydroxyl groups is 1. The van der Waals surface area contributed by atoms with Crippen LogP contribution >= 0.6 is 0 Å². The van der Waals surface area contributed by atoms with Crippen molar-refractivity contribution in [2.75, 3.05) is 14.2 Å². The second kappa shape index (κ2) is 5.43. The Labute approximate surface area is 135 Å². The monoisotopic (exact) mass is 338 g/mol. The van der Waals surface area contributed by atoms with E-state index in [4.69, 9.17) is 4.74 Å². The molecule has 2 aromatic carbocycles. The average molecular weight is 338 g/mol. The summed E-state index contributed by atoms with van der Waals surface area (Å²) in [4.78, 5) is 11.9. The molecule has 0 saturated heterocycles. The fourth-order valence-corrected chi connectivity index (χ4v) is 3.15. The fourth-order valence-electron chi connectivity index (χ4n) is 3.15. The van der Waals surface area contributed by atoms with E-state index >= 15 is 0 Å². The molecule has 0 aliphatic heterocycles. The summed E-state index contributed by atoms with van der Waals surface area (Å²) in [5, 5.41) is 10.3. The molecule has 0 unspecified atom stereocenters. The maximum Gasteiger partial charge on any atom is 0.417 e. The van der Waals surface area contributed by atoms with Gasteiger partial charge < -0.3 is 14.6 Å². The lowest BCUT2D eigenvalue weighted by Gasteiger charge is -2.20. The van der Waals surface area contributed by atoms with Crippen molar-refractivity contribution in [2.45, 2.75) is 12.6 Å². The van der Waals surface area contributed by atoms with E-state index in [0.717, 1.165) is 7.11 Å². The first-order valence-corrected chi connectivity index (χ1v) is 7.00. The second-order valence-electron chi connectivity index (χ2n) is 5.31. The summed E-state index contributed by atoms with van der Waals surface area (Å²) < 4.78 is 50.6. The van der Waals surface area contributed by atoms with Gasteiger partial charge in [-0.2, -0.15) is 13.2 Å². The number of benzene rings is 2. The van der Waals surface area contributed by atoms with Crippen LogP contribution in [0.25, 0.3) is 11.1 Å². The Morgan fingerprint density at radius 2 is 1.88 bits per heavy atom. The van der Waals surface area contributed by atoms with E-state index in [9.17, 15) is 23.1 Å². The topological polar surface area (TPSA) is 55.8 Å². The van der Waals surface area contributed by atoms with Crippen LogP contribution in [0.5, 0.6) is 11.5 Å². The molecule has 1 aliphatic rings. The Morgan fingerprint density at radius 1 is 1.21 bits per heavy atom. The van der Waals surface area contributed by atoms with E-state index in [2.05, 4.69) is 4.74 Å². The number of ether oxygens (including phenoxy) is 2. The minimum absolute atomic E-state index is 0.0129. The molecule has 0 bridgehead atoms. The van der Waals surface area contributed by atoms with Crippen molar-refractivity contribution in [3.8, 4) is 22.6 Å². The predicted octanol–water partition coefficient (Wildman–Crippen LogP) is 3.78. The van der Waals surface area contributed by atoms with Gasteiger partial charge in [0.05, 0.1) is 19.8 Å². The van der Waals surface area contributed by atoms with Crippen LogP contribution in [0.4, 0.5) is 13.2 Å². The molecule has 0 radical (unpaired) electrons. The summed E-state index contributed by atoms with van der Waals surface area (Å²) >= 11 is 0. The van der Waals surface area contributed by atoms with Gasteiger partial charge in [-0.15, -0.1) is 0 Å². The lowest BCUT2D eigenvalue weighted by atomic mass is 9.93. The van der Waals surface area contributed by atoms with Crippen LogP contribution in [-0.2, 0) is 17.3 Å². The van der Waals surface area contributed by atoms with Crippen LogP contribution in [0.1, 0.15) is 27.0 Å². The summed E-state index contributed by atoms with van der Waals surface area (Å²) in [5.74, 6) is -2.30. The normalized spacial score (nSPS) is 12.5. The van der Waals surface area contributed by atoms with Gasteiger partial charge in [-0.25, -0.2) is 4.79 Å². The van der Waals surface area contributed by atoms with Crippen molar-refractivity contribution < 1.29 is 32.5 Å². The molecule has 0 fully saturated rings. The van der Waals surface area contributed by atoms with Gasteiger partial charge in [0.1, 0.15) is 5.56 Å². The maximum absolute atomic E-state index is 13.7. The molecule has 0 spiro atoms. The Kier molecular flexibility index (Phi) is 3.66. The first kappa shape index (κ1) is 16.2. The van der Waals surface area contributed by atoms with Gasteiger partial charge in [0.2, 0.25) is 0 Å². The molecular weight excluding hydrogens is 325 g/mol. The zero-order valence-electron chi connectivity index (χ0n) is 12.8. The number of methoxy groups -OCH3 is 2. The number of alkyl halides is 3. The molecule has 126 valence electrons. The maximum atomic E-state index is 13.7. The van der Waals surface area contributed by atoms with Crippen molar-refractivity contribution in [2.24, 2.45) is 0 Å². The summed E-state index contributed by atoms with van der Waals surface area (Å²) in [5.41, 5.74) is -0.837. The lowest BCUT2D eigenvalue weighted by molar-refractivity contribution is -0.138. The van der Waals surface area contributed by atoms with Gasteiger partial charge in [0.25, 0.3) is 0 Å². The quantitative estimate of drug-likeness (QED) is 0.723. The van der Waals surface area contributed by atoms with Crippen molar-refractivity contribution in [1.82, 2.24) is 0 Å². The third-order valence-electron chi connectivity index (χ3n) is 4.06. The van der Waals surface area contributed by atoms with E-state index in [1.165, 1.54) is 7.11 Å². The Bertz CT molecular complexity index is 841. The number of rotatable bonds is 2. The molecule has 0 aromatic heterocycles. The third kappa shape index (κ3) is 2.19. The smallest absolute Gasteiger partial charge is 0.417 e. The van der Waals surface area contributed by atoms with E-state index in [0.29, 0.717) is 11.1 Å². The SMILES string of the molecule is COC(=O)c1c(O)c(OC)c2c(c1C(F)(F)F)Cc1ccccc1-2. The number of hydrogen-bond donors (Lipinski definition) is 1. The van der Waals surface area contributed by atoms with Crippen LogP contribution in [0.3, 0.4) is 0 Å². The fraction of sp³-hybridized carbons (Fsp3) is 0.235. The highest BCUT2D eigenvalue weighted by molar-refractivity contribution is 6.00. The molecule has 24 heavy (non-hydrogen) atoms. The average Bonchev–Trinajstić information content (AvgIpc) is 2.91. The molecule has 1 N–H and O–H groups in total. The number of phenolic OH excluding ortho intramolecular Hbond substituents is 1. The van der Waals surface area contributed by atoms with Crippen LogP contribution < -0.4 is 4.74 Å². The number of fused-ring (bicyclic) bond motifs is 3. The number of carbonyl (C=O) groups is 1. The second-order valence-corrected chi connectivity index (χ2v) is 5.31. The number of hydrogen-bond acceptors (Lipinski definition) is 4. The molecule has 0 saturated carbocycles. The predicted molar refractivity (Wildman–Crippen MR) is 79.2 cm³/mol. The lowest BCUT2D eigenvalue weighted by Crippen LogP contribution is -2.18. The molecule has 7 heteroatoms. The molecule has 4 nitrogen and oxygen atoms in total. The number of phenols is 1. The van der Waals surface area contributed by atoms with Crippen LogP contribution in [-0.4, -0.2) is 25.3 Å². The first-order chi connectivity index (χ1) is 11.3. The van der Waals surface area contributed by atoms with E-state index in [1.54, 1.807) is 24.3 Å². The Hall–Kier alpha value is -2.70. The van der Waals surface area contributed by atoms with Crippen molar-refractivity contribution in [1.29, 1.82) is 0 Å². The summed E-state index contributed by atoms with van der Waals surface area (Å²) in [6, 6.07) is 6.75. The minimum Gasteiger partial charge on any atom is -0.504 e. The molecule has 0 amide bonds. The van der Waals surface area contributed by atoms with E-state index in [1.807, 2.05) is 0 Å². The molecule has 0 atom stereocenters. The zero-order valence-corrected chi connectivity index (χ0v) is 12.8. The molecular formula is C17H13F3O4. The van der Waals surface area contributed by atoms with Gasteiger partial charge in [0, 0.05) is 5.56 Å². The van der Waals surface area contributed by atoms with Gasteiger partial charge >= 0.3 is 12.1 Å². The summed E-state index contributed by atoms with van der Waals surface area (Å²) in [6.07, 6.45) is -4.85. The number of carbonyl (C=O) groups excluding carboxylic acids is 1. The standard InChI is InChI=1S/C17H13F3O4/c1-23-15-11-9-6-4-3-5-8(9)7-10(11)13(17(18,19)20)12(14(15)21)16(22)24-2/h3-6,21H,7H2,1-2H3. The van der Waals surface area contributed by atoms with Crippen molar-refractivity contribution in [3.63, 3.8) is 0 Å². The van der Waals surface area contributed by atoms with Crippen LogP contribution in [0.2, 0.25) is 0 Å². The Morgan fingerprint density at radius 3 is 2.46 bits per heavy atom. The first-order valence-electron chi connectivity index (χ1n) is 7.00. The van der Waals surface area contributed by atoms with E-state index < -0.39 is 29.0 Å². The summed E-state index contributed by atoms with van der Waals surface area (Å²) in [6.45, 7) is 0. The number of esters is 1. The highest BCUT2D eigenvalue weighted by atomic mass is 19.4. The number of halogens is 3. The Balaban J connectivity index is 2.47.